The minimum atomic E-state index is -4.65. The van der Waals surface area contributed by atoms with Crippen LogP contribution in [0.3, 0.4) is 0 Å². The highest BCUT2D eigenvalue weighted by Crippen LogP contribution is 2.35. The fourth-order valence-electron chi connectivity index (χ4n) is 4.64. The molecular formula is C27H34ClF3N4O2. The van der Waals surface area contributed by atoms with Crippen molar-refractivity contribution in [1.29, 1.82) is 0 Å². The number of nitrogens with zero attached hydrogens (tertiary/aromatic N) is 3. The van der Waals surface area contributed by atoms with Crippen LogP contribution in [0.25, 0.3) is 0 Å². The molecule has 0 bridgehead atoms. The molecule has 6 nitrogen and oxygen atoms in total. The number of amides is 2. The van der Waals surface area contributed by atoms with Crippen molar-refractivity contribution in [2.45, 2.75) is 51.1 Å². The van der Waals surface area contributed by atoms with Crippen LogP contribution in [0, 0.1) is 5.92 Å². The van der Waals surface area contributed by atoms with E-state index in [9.17, 15) is 22.8 Å². The highest BCUT2D eigenvalue weighted by molar-refractivity contribution is 6.32. The Morgan fingerprint density at radius 1 is 1.19 bits per heavy atom. The van der Waals surface area contributed by atoms with E-state index in [0.717, 1.165) is 43.7 Å². The predicted octanol–water partition coefficient (Wildman–Crippen LogP) is 5.46. The van der Waals surface area contributed by atoms with Gasteiger partial charge < -0.3 is 15.1 Å². The molecule has 0 aliphatic carbocycles. The van der Waals surface area contributed by atoms with Gasteiger partial charge in [-0.3, -0.25) is 9.59 Å². The third-order valence-corrected chi connectivity index (χ3v) is 7.07. The number of hydrogen-bond donors (Lipinski definition) is 1. The highest BCUT2D eigenvalue weighted by Gasteiger charge is 2.45. The van der Waals surface area contributed by atoms with Gasteiger partial charge in [-0.2, -0.15) is 13.2 Å². The van der Waals surface area contributed by atoms with Crippen molar-refractivity contribution in [3.63, 3.8) is 0 Å². The van der Waals surface area contributed by atoms with Crippen LogP contribution >= 0.6 is 11.6 Å². The lowest BCUT2D eigenvalue weighted by Crippen LogP contribution is -2.38. The van der Waals surface area contributed by atoms with Gasteiger partial charge in [0.1, 0.15) is 11.0 Å². The molecule has 1 saturated heterocycles. The lowest BCUT2D eigenvalue weighted by atomic mass is 9.92. The Balaban J connectivity index is 1.47. The Hall–Kier alpha value is -2.81. The van der Waals surface area contributed by atoms with Crippen molar-refractivity contribution in [1.82, 2.24) is 15.2 Å². The smallest absolute Gasteiger partial charge is 0.357 e. The van der Waals surface area contributed by atoms with E-state index < -0.39 is 18.0 Å². The monoisotopic (exact) mass is 538 g/mol. The topological polar surface area (TPSA) is 65.5 Å². The molecule has 1 unspecified atom stereocenters. The molecule has 202 valence electrons. The van der Waals surface area contributed by atoms with Gasteiger partial charge in [0, 0.05) is 33.7 Å². The second-order valence-electron chi connectivity index (χ2n) is 9.64. The second-order valence-corrected chi connectivity index (χ2v) is 10.0. The maximum absolute atomic E-state index is 13.7. The van der Waals surface area contributed by atoms with Crippen LogP contribution < -0.4 is 10.2 Å². The first-order valence-electron chi connectivity index (χ1n) is 12.6. The van der Waals surface area contributed by atoms with E-state index in [0.29, 0.717) is 24.3 Å². The molecule has 2 amide bonds. The zero-order chi connectivity index (χ0) is 27.2. The number of anilines is 1. The van der Waals surface area contributed by atoms with Crippen LogP contribution in [0.5, 0.6) is 0 Å². The number of alkyl halides is 3. The lowest BCUT2D eigenvalue weighted by Gasteiger charge is -2.33. The summed E-state index contributed by atoms with van der Waals surface area (Å²) in [5.74, 6) is -2.24. The van der Waals surface area contributed by atoms with E-state index in [1.807, 2.05) is 6.92 Å². The first-order chi connectivity index (χ1) is 17.5. The summed E-state index contributed by atoms with van der Waals surface area (Å²) < 4.78 is 41.1. The quantitative estimate of drug-likeness (QED) is 0.340. The van der Waals surface area contributed by atoms with Crippen molar-refractivity contribution >= 4 is 29.2 Å². The number of hydrogen-bond acceptors (Lipinski definition) is 4. The van der Waals surface area contributed by atoms with Gasteiger partial charge in [0.15, 0.2) is 5.92 Å². The maximum atomic E-state index is 13.7. The van der Waals surface area contributed by atoms with Gasteiger partial charge in [0.2, 0.25) is 5.91 Å². The number of nitrogens with one attached hydrogen (secondary N) is 1. The summed E-state index contributed by atoms with van der Waals surface area (Å²) in [4.78, 5) is 32.6. The lowest BCUT2D eigenvalue weighted by molar-refractivity contribution is -0.165. The SMILES string of the molecule is CCc1cccc(C(C(=O)NCCCC2CCN(c3ccc(C(=O)N(C)C)c(Cl)n3)CC2)C(F)(F)F)c1. The summed E-state index contributed by atoms with van der Waals surface area (Å²) in [7, 11) is 3.31. The molecule has 10 heteroatoms. The van der Waals surface area contributed by atoms with Crippen LogP contribution in [0.15, 0.2) is 36.4 Å². The molecule has 1 fully saturated rings. The highest BCUT2D eigenvalue weighted by atomic mass is 35.5. The van der Waals surface area contributed by atoms with Crippen molar-refractivity contribution in [2.75, 3.05) is 38.6 Å². The maximum Gasteiger partial charge on any atom is 0.404 e. The first-order valence-corrected chi connectivity index (χ1v) is 13.0. The van der Waals surface area contributed by atoms with Crippen LogP contribution in [-0.4, -0.2) is 61.6 Å². The third kappa shape index (κ3) is 7.60. The van der Waals surface area contributed by atoms with Crippen LogP contribution in [0.2, 0.25) is 5.15 Å². The summed E-state index contributed by atoms with van der Waals surface area (Å²) >= 11 is 6.24. The first kappa shape index (κ1) is 28.8. The predicted molar refractivity (Wildman–Crippen MR) is 139 cm³/mol. The molecule has 1 atom stereocenters. The molecule has 2 heterocycles. The Kier molecular flexibility index (Phi) is 9.81. The number of benzene rings is 1. The van der Waals surface area contributed by atoms with E-state index in [1.165, 1.54) is 17.0 Å². The summed E-state index contributed by atoms with van der Waals surface area (Å²) in [6.07, 6.45) is -0.815. The zero-order valence-electron chi connectivity index (χ0n) is 21.4. The molecule has 1 N–H and O–H groups in total. The standard InChI is InChI=1S/C27H34ClF3N4O2/c1-4-18-7-5-9-20(17-18)23(27(29,30)31)25(36)32-14-6-8-19-12-15-35(16-13-19)22-11-10-21(24(28)33-22)26(37)34(2)3/h5,7,9-11,17,19,23H,4,6,8,12-16H2,1-3H3,(H,32,36). The van der Waals surface area contributed by atoms with Gasteiger partial charge in [-0.25, -0.2) is 4.98 Å². The van der Waals surface area contributed by atoms with Gasteiger partial charge in [0.05, 0.1) is 5.56 Å². The Morgan fingerprint density at radius 2 is 1.89 bits per heavy atom. The molecule has 0 saturated carbocycles. The molecule has 37 heavy (non-hydrogen) atoms. The number of pyridine rings is 1. The van der Waals surface area contributed by atoms with Crippen molar-refractivity contribution in [3.8, 4) is 0 Å². The molecular weight excluding hydrogens is 505 g/mol. The summed E-state index contributed by atoms with van der Waals surface area (Å²) in [6, 6.07) is 9.63. The van der Waals surface area contributed by atoms with E-state index in [4.69, 9.17) is 11.6 Å². The molecule has 2 aromatic rings. The molecule has 1 aromatic heterocycles. The summed E-state index contributed by atoms with van der Waals surface area (Å²) in [5, 5.41) is 2.68. The van der Waals surface area contributed by atoms with E-state index >= 15 is 0 Å². The normalized spacial score (nSPS) is 15.4. The number of piperidine rings is 1. The fourth-order valence-corrected chi connectivity index (χ4v) is 4.87. The van der Waals surface area contributed by atoms with Gasteiger partial charge in [0.25, 0.3) is 5.91 Å². The molecule has 1 aliphatic rings. The average molecular weight is 539 g/mol. The van der Waals surface area contributed by atoms with Crippen molar-refractivity contribution in [3.05, 3.63) is 58.2 Å². The van der Waals surface area contributed by atoms with Crippen LogP contribution in [-0.2, 0) is 11.2 Å². The fraction of sp³-hybridized carbons (Fsp3) is 0.519. The van der Waals surface area contributed by atoms with Gasteiger partial charge in [-0.15, -0.1) is 0 Å². The number of aromatic nitrogens is 1. The van der Waals surface area contributed by atoms with E-state index in [1.54, 1.807) is 38.4 Å². The van der Waals surface area contributed by atoms with Gasteiger partial charge in [-0.1, -0.05) is 42.8 Å². The molecule has 0 radical (unpaired) electrons. The molecule has 1 aliphatic heterocycles. The van der Waals surface area contributed by atoms with Gasteiger partial charge >= 0.3 is 6.18 Å². The third-order valence-electron chi connectivity index (χ3n) is 6.78. The zero-order valence-corrected chi connectivity index (χ0v) is 22.2. The average Bonchev–Trinajstić information content (AvgIpc) is 2.86. The Morgan fingerprint density at radius 3 is 2.49 bits per heavy atom. The number of rotatable bonds is 9. The van der Waals surface area contributed by atoms with E-state index in [2.05, 4.69) is 15.2 Å². The molecule has 0 spiro atoms. The van der Waals surface area contributed by atoms with Crippen molar-refractivity contribution in [2.24, 2.45) is 5.92 Å². The van der Waals surface area contributed by atoms with E-state index in [-0.39, 0.29) is 23.2 Å². The number of carbonyl (C=O) groups excluding carboxylic acids is 2. The Labute approximate surface area is 221 Å². The van der Waals surface area contributed by atoms with Crippen molar-refractivity contribution < 1.29 is 22.8 Å². The molecule has 1 aromatic carbocycles. The number of halogens is 4. The summed E-state index contributed by atoms with van der Waals surface area (Å²) in [5.41, 5.74) is 1.10. The minimum Gasteiger partial charge on any atom is -0.357 e. The Bertz CT molecular complexity index is 1090. The molecule has 3 rings (SSSR count). The largest absolute Gasteiger partial charge is 0.404 e. The number of aryl methyl sites for hydroxylation is 1. The summed E-state index contributed by atoms with van der Waals surface area (Å²) in [6.45, 7) is 3.61. The second kappa shape index (κ2) is 12.6. The van der Waals surface area contributed by atoms with Crippen LogP contribution in [0.4, 0.5) is 19.0 Å². The van der Waals surface area contributed by atoms with Crippen LogP contribution in [0.1, 0.15) is 60.0 Å². The minimum absolute atomic E-state index is 0.0236. The van der Waals surface area contributed by atoms with Gasteiger partial charge in [-0.05, 0) is 61.3 Å². The number of carbonyl (C=O) groups is 2.